The Morgan fingerprint density at radius 1 is 1.30 bits per heavy atom. The van der Waals surface area contributed by atoms with Crippen molar-refractivity contribution in [3.63, 3.8) is 0 Å². The Morgan fingerprint density at radius 3 is 2.67 bits per heavy atom. The lowest BCUT2D eigenvalue weighted by atomic mass is 9.51. The van der Waals surface area contributed by atoms with Gasteiger partial charge in [0.25, 0.3) is 5.91 Å². The number of alkyl halides is 1. The highest BCUT2D eigenvalue weighted by atomic mass is 19.1. The molecule has 3 aromatic rings. The first-order valence-electron chi connectivity index (χ1n) is 13.6. The number of carbonyl (C=O) groups is 1. The SMILES string of the molecule is CC(C)(O)[C@H](F)CNC(=O)c1cnc(-n2ncc3cc(C#N)c(N)nc32)cc1NC12CC3CC(CC(O)(C3)C1)C2. The van der Waals surface area contributed by atoms with E-state index in [0.29, 0.717) is 40.8 Å². The molecule has 12 heteroatoms. The number of halogens is 1. The summed E-state index contributed by atoms with van der Waals surface area (Å²) in [5, 5.41) is 41.8. The van der Waals surface area contributed by atoms with Crippen LogP contribution in [-0.4, -0.2) is 65.3 Å². The minimum atomic E-state index is -1.66. The summed E-state index contributed by atoms with van der Waals surface area (Å²) in [5.74, 6) is 0.721. The predicted molar refractivity (Wildman–Crippen MR) is 145 cm³/mol. The quantitative estimate of drug-likeness (QED) is 0.297. The lowest BCUT2D eigenvalue weighted by Gasteiger charge is -2.60. The monoisotopic (exact) mass is 548 g/mol. The number of carbonyl (C=O) groups excluding carboxylic acids is 1. The van der Waals surface area contributed by atoms with Crippen LogP contribution in [0, 0.1) is 23.2 Å². The Hall–Kier alpha value is -3.82. The first-order valence-corrected chi connectivity index (χ1v) is 13.6. The van der Waals surface area contributed by atoms with Crippen LogP contribution in [0.4, 0.5) is 15.9 Å². The molecule has 4 aliphatic carbocycles. The van der Waals surface area contributed by atoms with E-state index in [-0.39, 0.29) is 23.5 Å². The number of hydrogen-bond donors (Lipinski definition) is 5. The summed E-state index contributed by atoms with van der Waals surface area (Å²) in [6.07, 6.45) is 6.35. The third kappa shape index (κ3) is 4.63. The van der Waals surface area contributed by atoms with Crippen molar-refractivity contribution >= 4 is 28.4 Å². The van der Waals surface area contributed by atoms with Gasteiger partial charge in [0.1, 0.15) is 18.1 Å². The number of rotatable bonds is 7. The first kappa shape index (κ1) is 26.4. The lowest BCUT2D eigenvalue weighted by molar-refractivity contribution is -0.127. The average Bonchev–Trinajstić information content (AvgIpc) is 3.26. The summed E-state index contributed by atoms with van der Waals surface area (Å²) in [4.78, 5) is 22.1. The van der Waals surface area contributed by atoms with Gasteiger partial charge in [-0.2, -0.15) is 15.0 Å². The van der Waals surface area contributed by atoms with Gasteiger partial charge in [0, 0.05) is 23.2 Å². The number of nitrogens with zero attached hydrogens (tertiary/aromatic N) is 5. The zero-order valence-corrected chi connectivity index (χ0v) is 22.5. The highest BCUT2D eigenvalue weighted by molar-refractivity contribution is 5.99. The van der Waals surface area contributed by atoms with E-state index in [2.05, 4.69) is 25.7 Å². The minimum Gasteiger partial charge on any atom is -0.390 e. The molecule has 11 nitrogen and oxygen atoms in total. The van der Waals surface area contributed by atoms with Crippen LogP contribution in [0.5, 0.6) is 0 Å². The van der Waals surface area contributed by atoms with Crippen molar-refractivity contribution in [1.29, 1.82) is 5.26 Å². The molecule has 4 fully saturated rings. The maximum atomic E-state index is 14.4. The standard InChI is InChI=1S/C28H33FN8O3/c1-26(2,39)21(29)13-33-25(38)19-12-32-22(37-24-18(11-34-37)4-17(10-30)23(31)35-24)5-20(19)36-27-6-15-3-16(7-27)9-28(40,8-15)14-27/h4-5,11-12,15-16,21,39-40H,3,6-9,13-14H2,1-2H3,(H2,31,35)(H,32,36)(H,33,38)/t15?,16?,21-,27?,28?/m1/s1. The molecular weight excluding hydrogens is 515 g/mol. The van der Waals surface area contributed by atoms with Crippen LogP contribution in [0.3, 0.4) is 0 Å². The van der Waals surface area contributed by atoms with Crippen molar-refractivity contribution < 1.29 is 19.4 Å². The molecule has 6 N–H and O–H groups in total. The molecule has 210 valence electrons. The number of hydrogen-bond acceptors (Lipinski definition) is 9. The first-order chi connectivity index (χ1) is 18.9. The van der Waals surface area contributed by atoms with Crippen LogP contribution in [0.2, 0.25) is 0 Å². The summed E-state index contributed by atoms with van der Waals surface area (Å²) >= 11 is 0. The Kier molecular flexibility index (Phi) is 6.01. The molecule has 0 spiro atoms. The van der Waals surface area contributed by atoms with Crippen molar-refractivity contribution in [3.8, 4) is 11.9 Å². The zero-order valence-electron chi connectivity index (χ0n) is 22.5. The van der Waals surface area contributed by atoms with Gasteiger partial charge in [0.05, 0.1) is 40.8 Å². The van der Waals surface area contributed by atoms with Gasteiger partial charge in [-0.1, -0.05) is 0 Å². The molecule has 4 saturated carbocycles. The summed E-state index contributed by atoms with van der Waals surface area (Å²) in [7, 11) is 0. The van der Waals surface area contributed by atoms with Crippen molar-refractivity contribution in [2.45, 2.75) is 75.3 Å². The molecule has 0 aliphatic heterocycles. The number of amides is 1. The van der Waals surface area contributed by atoms with Gasteiger partial charge in [0.15, 0.2) is 11.5 Å². The smallest absolute Gasteiger partial charge is 0.255 e. The Morgan fingerprint density at radius 2 is 2.02 bits per heavy atom. The fraction of sp³-hybridized carbons (Fsp3) is 0.536. The van der Waals surface area contributed by atoms with E-state index in [9.17, 15) is 24.7 Å². The molecule has 4 aliphatic rings. The van der Waals surface area contributed by atoms with Gasteiger partial charge in [-0.15, -0.1) is 0 Å². The van der Waals surface area contributed by atoms with Crippen LogP contribution < -0.4 is 16.4 Å². The predicted octanol–water partition coefficient (Wildman–Crippen LogP) is 2.60. The van der Waals surface area contributed by atoms with Gasteiger partial charge in [-0.05, 0) is 70.3 Å². The van der Waals surface area contributed by atoms with Crippen molar-refractivity contribution in [3.05, 3.63) is 35.7 Å². The van der Waals surface area contributed by atoms with Crippen molar-refractivity contribution in [1.82, 2.24) is 25.1 Å². The second kappa shape index (κ2) is 9.11. The topological polar surface area (TPSA) is 175 Å². The number of nitrogen functional groups attached to an aromatic ring is 1. The number of aromatic nitrogens is 4. The third-order valence-electron chi connectivity index (χ3n) is 8.68. The normalized spacial score (nSPS) is 27.9. The van der Waals surface area contributed by atoms with Crippen molar-refractivity contribution in [2.24, 2.45) is 11.8 Å². The number of pyridine rings is 2. The van der Waals surface area contributed by atoms with Gasteiger partial charge >= 0.3 is 0 Å². The molecule has 0 radical (unpaired) electrons. The Bertz CT molecular complexity index is 1530. The second-order valence-electron chi connectivity index (χ2n) is 12.5. The largest absolute Gasteiger partial charge is 0.390 e. The van der Waals surface area contributed by atoms with E-state index in [1.807, 2.05) is 6.07 Å². The summed E-state index contributed by atoms with van der Waals surface area (Å²) < 4.78 is 15.9. The number of nitrogens with one attached hydrogen (secondary N) is 2. The van der Waals surface area contributed by atoms with Gasteiger partial charge in [0.2, 0.25) is 0 Å². The summed E-state index contributed by atoms with van der Waals surface area (Å²) in [6.45, 7) is 2.33. The van der Waals surface area contributed by atoms with E-state index < -0.39 is 28.8 Å². The maximum Gasteiger partial charge on any atom is 0.255 e. The number of aliphatic hydroxyl groups is 2. The number of fused-ring (bicyclic) bond motifs is 1. The van der Waals surface area contributed by atoms with Crippen LogP contribution in [0.1, 0.15) is 68.3 Å². The lowest BCUT2D eigenvalue weighted by Crippen LogP contribution is -2.62. The van der Waals surface area contributed by atoms with E-state index in [1.54, 1.807) is 18.3 Å². The highest BCUT2D eigenvalue weighted by Crippen LogP contribution is 2.58. The molecule has 40 heavy (non-hydrogen) atoms. The van der Waals surface area contributed by atoms with Crippen LogP contribution in [0.25, 0.3) is 16.9 Å². The molecular formula is C28H33FN8O3. The highest BCUT2D eigenvalue weighted by Gasteiger charge is 2.57. The molecule has 7 rings (SSSR count). The maximum absolute atomic E-state index is 14.4. The molecule has 2 unspecified atom stereocenters. The molecule has 0 aromatic carbocycles. The van der Waals surface area contributed by atoms with E-state index in [0.717, 1.165) is 32.1 Å². The number of nitriles is 1. The van der Waals surface area contributed by atoms with Gasteiger partial charge in [-0.3, -0.25) is 4.79 Å². The Balaban J connectivity index is 1.38. The molecule has 4 bridgehead atoms. The summed E-state index contributed by atoms with van der Waals surface area (Å²) in [5.41, 5.74) is 4.59. The van der Waals surface area contributed by atoms with Crippen LogP contribution >= 0.6 is 0 Å². The fourth-order valence-corrected chi connectivity index (χ4v) is 7.25. The van der Waals surface area contributed by atoms with Crippen LogP contribution in [-0.2, 0) is 0 Å². The summed E-state index contributed by atoms with van der Waals surface area (Å²) in [6, 6.07) is 5.32. The molecule has 3 atom stereocenters. The third-order valence-corrected chi connectivity index (χ3v) is 8.68. The number of anilines is 2. The number of nitrogens with two attached hydrogens (primary N) is 1. The Labute approximate surface area is 230 Å². The van der Waals surface area contributed by atoms with Crippen molar-refractivity contribution in [2.75, 3.05) is 17.6 Å². The molecule has 0 saturated heterocycles. The van der Waals surface area contributed by atoms with E-state index in [4.69, 9.17) is 5.73 Å². The average molecular weight is 549 g/mol. The fourth-order valence-electron chi connectivity index (χ4n) is 7.25. The zero-order chi connectivity index (χ0) is 28.4. The molecule has 1 amide bonds. The molecule has 3 heterocycles. The molecule has 3 aromatic heterocycles. The van der Waals surface area contributed by atoms with Crippen LogP contribution in [0.15, 0.2) is 24.5 Å². The van der Waals surface area contributed by atoms with E-state index in [1.165, 1.54) is 24.7 Å². The minimum absolute atomic E-state index is 0.0699. The van der Waals surface area contributed by atoms with Gasteiger partial charge in [-0.25, -0.2) is 14.4 Å². The second-order valence-corrected chi connectivity index (χ2v) is 12.5. The van der Waals surface area contributed by atoms with E-state index >= 15 is 0 Å². The van der Waals surface area contributed by atoms with Gasteiger partial charge < -0.3 is 26.6 Å².